The number of hydrogen-bond donors (Lipinski definition) is 1. The Morgan fingerprint density at radius 1 is 1.58 bits per heavy atom. The molecule has 1 aliphatic heterocycles. The first-order chi connectivity index (χ1) is 9.04. The fraction of sp³-hybridized carbons (Fsp3) is 0.846. The zero-order chi connectivity index (χ0) is 14.3. The van der Waals surface area contributed by atoms with Gasteiger partial charge >= 0.3 is 12.1 Å². The van der Waals surface area contributed by atoms with Crippen LogP contribution in [0.5, 0.6) is 0 Å². The molecule has 0 radical (unpaired) electrons. The second-order valence-corrected chi connectivity index (χ2v) is 6.04. The average Bonchev–Trinajstić information content (AvgIpc) is 2.51. The van der Waals surface area contributed by atoms with Crippen LogP contribution in [-0.4, -0.2) is 35.6 Å². The second kappa shape index (κ2) is 8.53. The van der Waals surface area contributed by atoms with E-state index in [0.717, 1.165) is 25.7 Å². The fourth-order valence-electron chi connectivity index (χ4n) is 2.25. The Kier molecular flexibility index (Phi) is 7.38. The number of esters is 1. The quantitative estimate of drug-likeness (QED) is 0.455. The summed E-state index contributed by atoms with van der Waals surface area (Å²) in [6.45, 7) is 3.85. The SMILES string of the molecule is CCCCC[C@H](Br)C1[NH2+]C(=O)OCC[C@@H]1OC(C)=O. The number of nitrogens with two attached hydrogens (primary N) is 1. The Hall–Kier alpha value is -0.620. The van der Waals surface area contributed by atoms with Crippen molar-refractivity contribution in [2.24, 2.45) is 0 Å². The van der Waals surface area contributed by atoms with E-state index in [1.807, 2.05) is 0 Å². The van der Waals surface area contributed by atoms with Crippen LogP contribution in [0.3, 0.4) is 0 Å². The Balaban J connectivity index is 2.63. The Morgan fingerprint density at radius 3 is 2.95 bits per heavy atom. The maximum Gasteiger partial charge on any atom is 0.513 e. The average molecular weight is 337 g/mol. The molecule has 0 aliphatic carbocycles. The van der Waals surface area contributed by atoms with E-state index in [0.29, 0.717) is 13.0 Å². The molecular weight excluding hydrogens is 314 g/mol. The summed E-state index contributed by atoms with van der Waals surface area (Å²) in [6, 6.07) is -0.115. The highest BCUT2D eigenvalue weighted by Crippen LogP contribution is 2.19. The smallest absolute Gasteiger partial charge is 0.456 e. The first kappa shape index (κ1) is 16.4. The van der Waals surface area contributed by atoms with Gasteiger partial charge in [0.2, 0.25) is 0 Å². The van der Waals surface area contributed by atoms with Gasteiger partial charge in [-0.15, -0.1) is 0 Å². The Morgan fingerprint density at radius 2 is 2.32 bits per heavy atom. The van der Waals surface area contributed by atoms with Crippen LogP contribution in [0.1, 0.15) is 46.0 Å². The lowest BCUT2D eigenvalue weighted by atomic mass is 10.0. The van der Waals surface area contributed by atoms with Gasteiger partial charge in [0.25, 0.3) is 0 Å². The van der Waals surface area contributed by atoms with Gasteiger partial charge in [-0.2, -0.15) is 4.79 Å². The van der Waals surface area contributed by atoms with Crippen molar-refractivity contribution in [2.45, 2.75) is 62.9 Å². The number of halogens is 1. The highest BCUT2D eigenvalue weighted by Gasteiger charge is 2.38. The van der Waals surface area contributed by atoms with Crippen LogP contribution in [0.25, 0.3) is 0 Å². The standard InChI is InChI=1S/C13H22BrNO4/c1-3-4-5-6-10(14)12-11(19-9(2)16)7-8-18-13(17)15-12/h10-12H,3-8H2,1-2H3,(H,15,17)/p+1/t10-,11-,12?/m0/s1. The van der Waals surface area contributed by atoms with Gasteiger partial charge in [-0.1, -0.05) is 42.1 Å². The molecule has 0 aromatic heterocycles. The zero-order valence-corrected chi connectivity index (χ0v) is 13.1. The number of unbranched alkanes of at least 4 members (excludes halogenated alkanes) is 2. The van der Waals surface area contributed by atoms with E-state index in [4.69, 9.17) is 9.47 Å². The molecule has 6 heteroatoms. The minimum Gasteiger partial charge on any atom is -0.456 e. The lowest BCUT2D eigenvalue weighted by molar-refractivity contribution is -0.612. The molecule has 1 unspecified atom stereocenters. The summed E-state index contributed by atoms with van der Waals surface area (Å²) in [5.74, 6) is -0.314. The van der Waals surface area contributed by atoms with Gasteiger partial charge in [0.05, 0.1) is 4.83 Å². The number of rotatable bonds is 6. The highest BCUT2D eigenvalue weighted by molar-refractivity contribution is 9.09. The van der Waals surface area contributed by atoms with E-state index < -0.39 is 0 Å². The first-order valence-corrected chi connectivity index (χ1v) is 7.79. The maximum absolute atomic E-state index is 11.5. The maximum atomic E-state index is 11.5. The number of carbonyl (C=O) groups excluding carboxylic acids is 2. The molecule has 5 nitrogen and oxygen atoms in total. The van der Waals surface area contributed by atoms with E-state index in [2.05, 4.69) is 22.9 Å². The normalized spacial score (nSPS) is 25.3. The number of cyclic esters (lactones) is 1. The molecule has 1 fully saturated rings. The number of carbonyl (C=O) groups is 2. The number of amides is 1. The van der Waals surface area contributed by atoms with E-state index in [-0.39, 0.29) is 29.0 Å². The van der Waals surface area contributed by atoms with Gasteiger partial charge in [-0.05, 0) is 6.42 Å². The molecule has 0 bridgehead atoms. The molecule has 0 spiro atoms. The molecule has 1 amide bonds. The molecule has 1 rings (SSSR count). The first-order valence-electron chi connectivity index (χ1n) is 6.87. The third-order valence-electron chi connectivity index (χ3n) is 3.22. The van der Waals surface area contributed by atoms with Crippen LogP contribution in [0.2, 0.25) is 0 Å². The molecule has 1 heterocycles. The van der Waals surface area contributed by atoms with Crippen molar-refractivity contribution >= 4 is 28.0 Å². The molecular formula is C13H23BrNO4+. The van der Waals surface area contributed by atoms with Crippen LogP contribution < -0.4 is 5.32 Å². The van der Waals surface area contributed by atoms with Crippen molar-refractivity contribution in [1.29, 1.82) is 0 Å². The summed E-state index contributed by atoms with van der Waals surface area (Å²) in [7, 11) is 0. The zero-order valence-electron chi connectivity index (χ0n) is 11.6. The summed E-state index contributed by atoms with van der Waals surface area (Å²) >= 11 is 3.63. The van der Waals surface area contributed by atoms with Crippen molar-refractivity contribution in [2.75, 3.05) is 6.61 Å². The number of ether oxygens (including phenoxy) is 2. The summed E-state index contributed by atoms with van der Waals surface area (Å²) < 4.78 is 10.3. The lowest BCUT2D eigenvalue weighted by Gasteiger charge is -2.24. The second-order valence-electron chi connectivity index (χ2n) is 4.86. The topological polar surface area (TPSA) is 69.2 Å². The van der Waals surface area contributed by atoms with Gasteiger partial charge in [0.1, 0.15) is 12.6 Å². The van der Waals surface area contributed by atoms with E-state index >= 15 is 0 Å². The molecule has 19 heavy (non-hydrogen) atoms. The monoisotopic (exact) mass is 336 g/mol. The summed E-state index contributed by atoms with van der Waals surface area (Å²) in [5.41, 5.74) is 0. The Bertz CT molecular complexity index is 311. The van der Waals surface area contributed by atoms with Gasteiger partial charge in [0, 0.05) is 13.3 Å². The van der Waals surface area contributed by atoms with Crippen LogP contribution in [0, 0.1) is 0 Å². The lowest BCUT2D eigenvalue weighted by Crippen LogP contribution is -2.96. The molecule has 1 saturated heterocycles. The van der Waals surface area contributed by atoms with Gasteiger partial charge in [-0.25, -0.2) is 5.32 Å². The van der Waals surface area contributed by atoms with E-state index in [9.17, 15) is 9.59 Å². The van der Waals surface area contributed by atoms with Crippen molar-refractivity contribution in [3.05, 3.63) is 0 Å². The van der Waals surface area contributed by atoms with Crippen LogP contribution in [0.15, 0.2) is 0 Å². The summed E-state index contributed by atoms with van der Waals surface area (Å²) in [6.07, 6.45) is 4.33. The van der Waals surface area contributed by atoms with E-state index in [1.165, 1.54) is 6.92 Å². The number of hydrogen-bond acceptors (Lipinski definition) is 4. The van der Waals surface area contributed by atoms with Crippen molar-refractivity contribution in [1.82, 2.24) is 0 Å². The third kappa shape index (κ3) is 5.91. The largest absolute Gasteiger partial charge is 0.513 e. The third-order valence-corrected chi connectivity index (χ3v) is 4.29. The Labute approximate surface area is 122 Å². The van der Waals surface area contributed by atoms with Gasteiger partial charge in [0.15, 0.2) is 6.10 Å². The summed E-state index contributed by atoms with van der Waals surface area (Å²) in [5, 5.41) is 1.55. The van der Waals surface area contributed by atoms with Gasteiger partial charge < -0.3 is 9.47 Å². The van der Waals surface area contributed by atoms with Crippen molar-refractivity contribution < 1.29 is 24.4 Å². The molecule has 110 valence electrons. The minimum atomic E-state index is -0.320. The highest BCUT2D eigenvalue weighted by atomic mass is 79.9. The molecule has 1 aliphatic rings. The number of primary amides is 1. The summed E-state index contributed by atoms with van der Waals surface area (Å²) in [4.78, 5) is 22.8. The molecule has 0 saturated carbocycles. The molecule has 3 atom stereocenters. The predicted octanol–water partition coefficient (Wildman–Crippen LogP) is 1.73. The molecule has 0 aromatic carbocycles. The fourth-order valence-corrected chi connectivity index (χ4v) is 3.07. The molecule has 2 N–H and O–H groups in total. The van der Waals surface area contributed by atoms with Crippen LogP contribution >= 0.6 is 15.9 Å². The van der Waals surface area contributed by atoms with Crippen molar-refractivity contribution in [3.63, 3.8) is 0 Å². The number of alkyl halides is 1. The minimum absolute atomic E-state index is 0.115. The van der Waals surface area contributed by atoms with E-state index in [1.54, 1.807) is 5.32 Å². The predicted molar refractivity (Wildman–Crippen MR) is 74.1 cm³/mol. The molecule has 0 aromatic rings. The number of quaternary nitrogens is 1. The van der Waals surface area contributed by atoms with Crippen molar-refractivity contribution in [3.8, 4) is 0 Å². The van der Waals surface area contributed by atoms with Crippen LogP contribution in [-0.2, 0) is 14.3 Å². The van der Waals surface area contributed by atoms with Gasteiger partial charge in [-0.3, -0.25) is 4.79 Å². The van der Waals surface area contributed by atoms with Crippen LogP contribution in [0.4, 0.5) is 4.79 Å².